The highest BCUT2D eigenvalue weighted by Crippen LogP contribution is 2.24. The van der Waals surface area contributed by atoms with Crippen LogP contribution in [0, 0.1) is 0 Å². The molecule has 0 radical (unpaired) electrons. The van der Waals surface area contributed by atoms with E-state index in [-0.39, 0.29) is 6.42 Å². The maximum Gasteiger partial charge on any atom is 0.186 e. The molecular weight excluding hydrogens is 304 g/mol. The third kappa shape index (κ3) is 6.73. The average Bonchev–Trinajstić information content (AvgIpc) is 2.49. The number of rotatable bonds is 10. The van der Waals surface area contributed by atoms with E-state index in [2.05, 4.69) is 6.92 Å². The lowest BCUT2D eigenvalue weighted by atomic mass is 9.99. The van der Waals surface area contributed by atoms with Crippen molar-refractivity contribution in [3.05, 3.63) is 0 Å². The molecule has 0 aliphatic carbocycles. The summed E-state index contributed by atoms with van der Waals surface area (Å²) in [5.41, 5.74) is 0. The smallest absolute Gasteiger partial charge is 0.186 e. The molecule has 6 atom stereocenters. The van der Waals surface area contributed by atoms with E-state index in [1.54, 1.807) is 6.92 Å². The molecule has 1 heterocycles. The minimum Gasteiger partial charge on any atom is -0.550 e. The van der Waals surface area contributed by atoms with Gasteiger partial charge in [0.2, 0.25) is 0 Å². The van der Waals surface area contributed by atoms with Crippen LogP contribution in [0.3, 0.4) is 0 Å². The second-order valence-electron chi connectivity index (χ2n) is 6.22. The van der Waals surface area contributed by atoms with Gasteiger partial charge in [-0.2, -0.15) is 0 Å². The zero-order valence-electron chi connectivity index (χ0n) is 13.9. The van der Waals surface area contributed by atoms with Crippen LogP contribution in [-0.2, 0) is 14.3 Å². The fourth-order valence-electron chi connectivity index (χ4n) is 2.70. The lowest BCUT2D eigenvalue weighted by Gasteiger charge is -2.40. The largest absolute Gasteiger partial charge is 0.550 e. The fourth-order valence-corrected chi connectivity index (χ4v) is 2.70. The molecule has 0 amide bonds. The molecule has 136 valence electrons. The van der Waals surface area contributed by atoms with Gasteiger partial charge in [0.15, 0.2) is 6.29 Å². The monoisotopic (exact) mass is 333 g/mol. The maximum absolute atomic E-state index is 10.9. The first-order valence-corrected chi connectivity index (χ1v) is 8.41. The first kappa shape index (κ1) is 20.3. The van der Waals surface area contributed by atoms with E-state index >= 15 is 0 Å². The van der Waals surface area contributed by atoms with Crippen LogP contribution < -0.4 is 5.11 Å². The summed E-state index contributed by atoms with van der Waals surface area (Å²) in [6.45, 7) is 3.67. The fraction of sp³-hybridized carbons (Fsp3) is 0.938. The summed E-state index contributed by atoms with van der Waals surface area (Å²) < 4.78 is 10.9. The quantitative estimate of drug-likeness (QED) is 0.470. The SMILES string of the molecule is CCCCCCCC(CC(=O)[O-])OC1OC(C)C(O)C(O)C1O. The zero-order valence-corrected chi connectivity index (χ0v) is 13.9. The van der Waals surface area contributed by atoms with Gasteiger partial charge in [-0.1, -0.05) is 39.0 Å². The second-order valence-corrected chi connectivity index (χ2v) is 6.22. The van der Waals surface area contributed by atoms with Crippen molar-refractivity contribution in [3.63, 3.8) is 0 Å². The first-order chi connectivity index (χ1) is 10.9. The van der Waals surface area contributed by atoms with E-state index < -0.39 is 42.8 Å². The van der Waals surface area contributed by atoms with Gasteiger partial charge in [-0.15, -0.1) is 0 Å². The van der Waals surface area contributed by atoms with Crippen molar-refractivity contribution in [2.45, 2.75) is 95.6 Å². The van der Waals surface area contributed by atoms with Gasteiger partial charge in [-0.25, -0.2) is 0 Å². The molecule has 0 saturated carbocycles. The van der Waals surface area contributed by atoms with Gasteiger partial charge in [0.1, 0.15) is 18.3 Å². The molecule has 1 aliphatic rings. The highest BCUT2D eigenvalue weighted by molar-refractivity contribution is 5.64. The number of carbonyl (C=O) groups is 1. The number of carboxylic acid groups (broad SMARTS) is 1. The normalized spacial score (nSPS) is 32.7. The topological polar surface area (TPSA) is 119 Å². The Morgan fingerprint density at radius 1 is 1.13 bits per heavy atom. The molecule has 0 aromatic rings. The molecule has 23 heavy (non-hydrogen) atoms. The number of carboxylic acids is 1. The van der Waals surface area contributed by atoms with Crippen LogP contribution in [0.1, 0.15) is 58.8 Å². The molecule has 0 bridgehead atoms. The Bertz CT molecular complexity index is 349. The minimum absolute atomic E-state index is 0.298. The summed E-state index contributed by atoms with van der Waals surface area (Å²) in [7, 11) is 0. The Labute approximate surface area is 137 Å². The molecule has 7 nitrogen and oxygen atoms in total. The number of carbonyl (C=O) groups excluding carboxylic acids is 1. The van der Waals surface area contributed by atoms with Crippen LogP contribution in [0.5, 0.6) is 0 Å². The summed E-state index contributed by atoms with van der Waals surface area (Å²) in [4.78, 5) is 10.9. The third-order valence-electron chi connectivity index (χ3n) is 4.16. The lowest BCUT2D eigenvalue weighted by Crippen LogP contribution is -2.58. The first-order valence-electron chi connectivity index (χ1n) is 8.41. The van der Waals surface area contributed by atoms with Crippen molar-refractivity contribution in [1.82, 2.24) is 0 Å². The molecule has 1 saturated heterocycles. The number of aliphatic carboxylic acids is 1. The Morgan fingerprint density at radius 3 is 2.39 bits per heavy atom. The molecule has 3 N–H and O–H groups in total. The Morgan fingerprint density at radius 2 is 1.78 bits per heavy atom. The highest BCUT2D eigenvalue weighted by atomic mass is 16.7. The second kappa shape index (κ2) is 10.2. The van der Waals surface area contributed by atoms with Crippen LogP contribution in [0.15, 0.2) is 0 Å². The predicted molar refractivity (Wildman–Crippen MR) is 80.2 cm³/mol. The molecule has 0 aromatic carbocycles. The summed E-state index contributed by atoms with van der Waals surface area (Å²) in [6.07, 6.45) is -1.22. The number of hydrogen-bond donors (Lipinski definition) is 3. The van der Waals surface area contributed by atoms with E-state index in [0.29, 0.717) is 6.42 Å². The Kier molecular flexibility index (Phi) is 9.01. The van der Waals surface area contributed by atoms with Gasteiger partial charge in [-0.3, -0.25) is 0 Å². The summed E-state index contributed by atoms with van der Waals surface area (Å²) >= 11 is 0. The van der Waals surface area contributed by atoms with E-state index in [4.69, 9.17) is 9.47 Å². The Balaban J connectivity index is 2.52. The van der Waals surface area contributed by atoms with Gasteiger partial charge in [-0.05, 0) is 13.3 Å². The molecule has 6 unspecified atom stereocenters. The van der Waals surface area contributed by atoms with Crippen molar-refractivity contribution in [3.8, 4) is 0 Å². The van der Waals surface area contributed by atoms with Crippen molar-refractivity contribution >= 4 is 5.97 Å². The highest BCUT2D eigenvalue weighted by Gasteiger charge is 2.43. The summed E-state index contributed by atoms with van der Waals surface area (Å²) in [5, 5.41) is 40.2. The molecule has 1 rings (SSSR count). The average molecular weight is 333 g/mol. The van der Waals surface area contributed by atoms with E-state index in [9.17, 15) is 25.2 Å². The molecule has 1 aliphatic heterocycles. The lowest BCUT2D eigenvalue weighted by molar-refractivity contribution is -0.320. The van der Waals surface area contributed by atoms with Gasteiger partial charge in [0, 0.05) is 12.4 Å². The van der Waals surface area contributed by atoms with Crippen molar-refractivity contribution < 1.29 is 34.7 Å². The zero-order chi connectivity index (χ0) is 17.4. The molecule has 1 fully saturated rings. The number of unbranched alkanes of at least 4 members (excludes halogenated alkanes) is 4. The summed E-state index contributed by atoms with van der Waals surface area (Å²) in [6, 6.07) is 0. The van der Waals surface area contributed by atoms with Gasteiger partial charge in [0.25, 0.3) is 0 Å². The number of aliphatic hydroxyl groups excluding tert-OH is 3. The number of hydrogen-bond acceptors (Lipinski definition) is 7. The van der Waals surface area contributed by atoms with Crippen LogP contribution in [-0.4, -0.2) is 58.1 Å². The third-order valence-corrected chi connectivity index (χ3v) is 4.16. The van der Waals surface area contributed by atoms with Crippen molar-refractivity contribution in [2.75, 3.05) is 0 Å². The molecule has 0 aromatic heterocycles. The van der Waals surface area contributed by atoms with Gasteiger partial charge < -0.3 is 34.7 Å². The van der Waals surface area contributed by atoms with Crippen LogP contribution in [0.25, 0.3) is 0 Å². The maximum atomic E-state index is 10.9. The molecular formula is C16H29O7-. The van der Waals surface area contributed by atoms with Crippen molar-refractivity contribution in [1.29, 1.82) is 0 Å². The van der Waals surface area contributed by atoms with E-state index in [0.717, 1.165) is 32.1 Å². The van der Waals surface area contributed by atoms with Crippen LogP contribution >= 0.6 is 0 Å². The van der Waals surface area contributed by atoms with E-state index in [1.165, 1.54) is 0 Å². The minimum atomic E-state index is -1.43. The summed E-state index contributed by atoms with van der Waals surface area (Å²) in [5.74, 6) is -1.23. The Hall–Kier alpha value is -0.730. The standard InChI is InChI=1S/C16H30O7/c1-3-4-5-6-7-8-11(9-12(17)18)23-16-15(21)14(20)13(19)10(2)22-16/h10-11,13-16,19-21H,3-9H2,1-2H3,(H,17,18)/p-1. The molecule has 7 heteroatoms. The number of aliphatic hydroxyl groups is 3. The van der Waals surface area contributed by atoms with Gasteiger partial charge >= 0.3 is 0 Å². The van der Waals surface area contributed by atoms with E-state index in [1.807, 2.05) is 0 Å². The number of ether oxygens (including phenoxy) is 2. The van der Waals surface area contributed by atoms with Gasteiger partial charge in [0.05, 0.1) is 12.2 Å². The molecule has 0 spiro atoms. The van der Waals surface area contributed by atoms with Crippen molar-refractivity contribution in [2.24, 2.45) is 0 Å². The predicted octanol–water partition coefficient (Wildman–Crippen LogP) is -0.300. The van der Waals surface area contributed by atoms with Crippen LogP contribution in [0.4, 0.5) is 0 Å². The van der Waals surface area contributed by atoms with Crippen LogP contribution in [0.2, 0.25) is 0 Å².